The summed E-state index contributed by atoms with van der Waals surface area (Å²) in [5, 5.41) is 3.56. The van der Waals surface area contributed by atoms with E-state index in [0.717, 1.165) is 57.3 Å². The Morgan fingerprint density at radius 1 is 1.39 bits per heavy atom. The molecular weight excluding hydrogens is 248 g/mol. The van der Waals surface area contributed by atoms with Gasteiger partial charge in [0.25, 0.3) is 0 Å². The van der Waals surface area contributed by atoms with Crippen molar-refractivity contribution >= 4 is 10.8 Å². The maximum atomic E-state index is 11.4. The smallest absolute Gasteiger partial charge is 0.0547 e. The second kappa shape index (κ2) is 6.46. The first-order chi connectivity index (χ1) is 8.60. The zero-order valence-electron chi connectivity index (χ0n) is 11.6. The Balaban J connectivity index is 1.87. The lowest BCUT2D eigenvalue weighted by atomic mass is 9.86. The Bertz CT molecular complexity index is 281. The second-order valence-electron chi connectivity index (χ2n) is 5.96. The van der Waals surface area contributed by atoms with Gasteiger partial charge >= 0.3 is 0 Å². The molecule has 0 saturated carbocycles. The summed E-state index contributed by atoms with van der Waals surface area (Å²) in [7, 11) is -0.577. The first-order valence-corrected chi connectivity index (χ1v) is 8.47. The molecule has 2 aliphatic rings. The molecule has 2 saturated heterocycles. The second-order valence-corrected chi connectivity index (χ2v) is 7.66. The molecule has 0 aromatic heterocycles. The predicted octanol–water partition coefficient (Wildman–Crippen LogP) is 0.455. The van der Waals surface area contributed by atoms with Gasteiger partial charge in [-0.2, -0.15) is 0 Å². The zero-order valence-corrected chi connectivity index (χ0v) is 12.4. The summed E-state index contributed by atoms with van der Waals surface area (Å²) in [6, 6.07) is 0.524. The van der Waals surface area contributed by atoms with E-state index in [-0.39, 0.29) is 5.41 Å². The first kappa shape index (κ1) is 14.4. The van der Waals surface area contributed by atoms with Crippen molar-refractivity contribution in [1.29, 1.82) is 0 Å². The fourth-order valence-electron chi connectivity index (χ4n) is 2.70. The van der Waals surface area contributed by atoms with E-state index in [2.05, 4.69) is 24.1 Å². The molecule has 0 aromatic carbocycles. The van der Waals surface area contributed by atoms with E-state index in [1.165, 1.54) is 0 Å². The molecule has 2 heterocycles. The van der Waals surface area contributed by atoms with Crippen LogP contribution in [0.2, 0.25) is 0 Å². The van der Waals surface area contributed by atoms with Gasteiger partial charge in [-0.1, -0.05) is 13.8 Å². The molecule has 0 bridgehead atoms. The molecule has 18 heavy (non-hydrogen) atoms. The maximum Gasteiger partial charge on any atom is 0.0547 e. The number of nitrogens with one attached hydrogen (secondary N) is 1. The Morgan fingerprint density at radius 2 is 2.11 bits per heavy atom. The van der Waals surface area contributed by atoms with Crippen LogP contribution in [0.3, 0.4) is 0 Å². The molecule has 2 aliphatic heterocycles. The number of ether oxygens (including phenoxy) is 1. The molecule has 1 N–H and O–H groups in total. The van der Waals surface area contributed by atoms with Crippen molar-refractivity contribution in [2.75, 3.05) is 50.9 Å². The quantitative estimate of drug-likeness (QED) is 0.791. The van der Waals surface area contributed by atoms with Gasteiger partial charge in [0.1, 0.15) is 0 Å². The van der Waals surface area contributed by atoms with Crippen LogP contribution in [-0.4, -0.2) is 66.0 Å². The van der Waals surface area contributed by atoms with Gasteiger partial charge < -0.3 is 15.0 Å². The monoisotopic (exact) mass is 274 g/mol. The lowest BCUT2D eigenvalue weighted by Gasteiger charge is -2.36. The van der Waals surface area contributed by atoms with Gasteiger partial charge in [-0.15, -0.1) is 0 Å². The molecule has 0 amide bonds. The lowest BCUT2D eigenvalue weighted by Crippen LogP contribution is -2.49. The van der Waals surface area contributed by atoms with Gasteiger partial charge in [0.05, 0.1) is 6.61 Å². The summed E-state index contributed by atoms with van der Waals surface area (Å²) in [5.41, 5.74) is 0.267. The third-order valence-corrected chi connectivity index (χ3v) is 5.18. The van der Waals surface area contributed by atoms with Gasteiger partial charge in [-0.3, -0.25) is 4.21 Å². The van der Waals surface area contributed by atoms with Crippen LogP contribution >= 0.6 is 0 Å². The summed E-state index contributed by atoms with van der Waals surface area (Å²) < 4.78 is 17.0. The number of hydrogen-bond donors (Lipinski definition) is 1. The predicted molar refractivity (Wildman–Crippen MR) is 75.3 cm³/mol. The molecule has 0 radical (unpaired) electrons. The molecule has 0 aliphatic carbocycles. The third-order valence-electron chi connectivity index (χ3n) is 3.90. The molecule has 1 atom stereocenters. The molecule has 2 fully saturated rings. The third kappa shape index (κ3) is 4.02. The van der Waals surface area contributed by atoms with E-state index in [0.29, 0.717) is 6.04 Å². The van der Waals surface area contributed by atoms with Crippen LogP contribution in [0.15, 0.2) is 0 Å². The molecule has 5 heteroatoms. The van der Waals surface area contributed by atoms with Gasteiger partial charge in [-0.25, -0.2) is 0 Å². The normalized spacial score (nSPS) is 31.3. The standard InChI is InChI=1S/C13H26N2O2S/c1-12(2)14-9-13(3-6-17-11-13)10-15-4-7-18(16)8-5-15/h12,14H,3-11H2,1-2H3. The van der Waals surface area contributed by atoms with E-state index in [1.54, 1.807) is 0 Å². The molecule has 2 rings (SSSR count). The van der Waals surface area contributed by atoms with Crippen LogP contribution in [-0.2, 0) is 15.5 Å². The van der Waals surface area contributed by atoms with Crippen LogP contribution in [0, 0.1) is 5.41 Å². The highest BCUT2D eigenvalue weighted by atomic mass is 32.2. The highest BCUT2D eigenvalue weighted by Gasteiger charge is 2.37. The molecule has 106 valence electrons. The minimum atomic E-state index is -0.577. The highest BCUT2D eigenvalue weighted by Crippen LogP contribution is 2.29. The average molecular weight is 274 g/mol. The van der Waals surface area contributed by atoms with Crippen LogP contribution in [0.25, 0.3) is 0 Å². The van der Waals surface area contributed by atoms with Crippen molar-refractivity contribution in [2.24, 2.45) is 5.41 Å². The fraction of sp³-hybridized carbons (Fsp3) is 1.00. The zero-order chi connectivity index (χ0) is 13.0. The Kier molecular flexibility index (Phi) is 5.18. The van der Waals surface area contributed by atoms with Gasteiger partial charge in [0.15, 0.2) is 0 Å². The number of nitrogens with zero attached hydrogens (tertiary/aromatic N) is 1. The molecule has 1 unspecified atom stereocenters. The summed E-state index contributed by atoms with van der Waals surface area (Å²) in [4.78, 5) is 2.47. The van der Waals surface area contributed by atoms with Crippen LogP contribution < -0.4 is 5.32 Å². The van der Waals surface area contributed by atoms with E-state index < -0.39 is 10.8 Å². The number of rotatable bonds is 5. The Morgan fingerprint density at radius 3 is 2.67 bits per heavy atom. The summed E-state index contributed by atoms with van der Waals surface area (Å²) >= 11 is 0. The van der Waals surface area contributed by atoms with E-state index in [1.807, 2.05) is 0 Å². The van der Waals surface area contributed by atoms with Crippen molar-refractivity contribution in [1.82, 2.24) is 10.2 Å². The lowest BCUT2D eigenvalue weighted by molar-refractivity contribution is 0.111. The molecule has 4 nitrogen and oxygen atoms in total. The van der Waals surface area contributed by atoms with Crippen molar-refractivity contribution in [3.05, 3.63) is 0 Å². The molecular formula is C13H26N2O2S. The topological polar surface area (TPSA) is 41.6 Å². The van der Waals surface area contributed by atoms with E-state index in [4.69, 9.17) is 4.74 Å². The Labute approximate surface area is 113 Å². The minimum Gasteiger partial charge on any atom is -0.381 e. The summed E-state index contributed by atoms with van der Waals surface area (Å²) in [5.74, 6) is 1.68. The molecule has 0 aromatic rings. The van der Waals surface area contributed by atoms with Gasteiger partial charge in [0.2, 0.25) is 0 Å². The van der Waals surface area contributed by atoms with Crippen molar-refractivity contribution in [3.63, 3.8) is 0 Å². The van der Waals surface area contributed by atoms with Gasteiger partial charge in [-0.05, 0) is 6.42 Å². The first-order valence-electron chi connectivity index (χ1n) is 6.98. The fourth-order valence-corrected chi connectivity index (χ4v) is 3.83. The van der Waals surface area contributed by atoms with Crippen molar-refractivity contribution in [2.45, 2.75) is 26.3 Å². The van der Waals surface area contributed by atoms with E-state index >= 15 is 0 Å². The number of hydrogen-bond acceptors (Lipinski definition) is 4. The summed E-state index contributed by atoms with van der Waals surface area (Å²) in [6.07, 6.45) is 1.15. The van der Waals surface area contributed by atoms with Gasteiger partial charge in [0, 0.05) is 66.5 Å². The largest absolute Gasteiger partial charge is 0.381 e. The highest BCUT2D eigenvalue weighted by molar-refractivity contribution is 7.85. The van der Waals surface area contributed by atoms with Crippen molar-refractivity contribution < 1.29 is 8.95 Å². The maximum absolute atomic E-state index is 11.4. The Hall–Kier alpha value is 0.0300. The van der Waals surface area contributed by atoms with Crippen LogP contribution in [0.1, 0.15) is 20.3 Å². The average Bonchev–Trinajstić information content (AvgIpc) is 2.79. The molecule has 0 spiro atoms. The SMILES string of the molecule is CC(C)NCC1(CN2CCS(=O)CC2)CCOC1. The minimum absolute atomic E-state index is 0.267. The van der Waals surface area contributed by atoms with Crippen LogP contribution in [0.5, 0.6) is 0 Å². The summed E-state index contributed by atoms with van der Waals surface area (Å²) in [6.45, 7) is 10.2. The van der Waals surface area contributed by atoms with E-state index in [9.17, 15) is 4.21 Å². The van der Waals surface area contributed by atoms with Crippen molar-refractivity contribution in [3.8, 4) is 0 Å². The van der Waals surface area contributed by atoms with Crippen LogP contribution in [0.4, 0.5) is 0 Å².